The molecule has 20 heavy (non-hydrogen) atoms. The van der Waals surface area contributed by atoms with E-state index in [1.807, 2.05) is 24.3 Å². The van der Waals surface area contributed by atoms with E-state index in [-0.39, 0.29) is 0 Å². The van der Waals surface area contributed by atoms with Gasteiger partial charge in [0.05, 0.1) is 29.4 Å². The topological polar surface area (TPSA) is 30.8 Å². The number of halogens is 2. The van der Waals surface area contributed by atoms with Crippen molar-refractivity contribution >= 4 is 39.4 Å². The molecule has 0 aromatic heterocycles. The van der Waals surface area contributed by atoms with Crippen LogP contribution in [0.1, 0.15) is 5.56 Å². The van der Waals surface area contributed by atoms with Crippen LogP contribution in [0.4, 0.5) is 5.69 Å². The first-order chi connectivity index (χ1) is 9.63. The zero-order chi connectivity index (χ0) is 14.5. The summed E-state index contributed by atoms with van der Waals surface area (Å²) in [5.41, 5.74) is 1.73. The van der Waals surface area contributed by atoms with Gasteiger partial charge in [0.1, 0.15) is 11.5 Å². The fraction of sp³-hybridized carbons (Fsp3) is 0.133. The highest BCUT2D eigenvalue weighted by atomic mass is 79.9. The third-order valence-electron chi connectivity index (χ3n) is 2.67. The lowest BCUT2D eigenvalue weighted by Gasteiger charge is -2.04. The van der Waals surface area contributed by atoms with Gasteiger partial charge in [-0.1, -0.05) is 11.6 Å². The first-order valence-corrected chi connectivity index (χ1v) is 7.02. The number of aliphatic imine (C=N–C) groups is 1. The Morgan fingerprint density at radius 1 is 1.05 bits per heavy atom. The molecule has 0 fully saturated rings. The molecule has 0 saturated heterocycles. The maximum absolute atomic E-state index is 6.05. The van der Waals surface area contributed by atoms with Crippen LogP contribution in [0.25, 0.3) is 0 Å². The van der Waals surface area contributed by atoms with Crippen molar-refractivity contribution in [3.05, 3.63) is 51.5 Å². The molecule has 5 heteroatoms. The Bertz CT molecular complexity index is 588. The maximum Gasteiger partial charge on any atom is 0.137 e. The minimum atomic E-state index is 0.540. The van der Waals surface area contributed by atoms with Crippen LogP contribution < -0.4 is 9.47 Å². The first kappa shape index (κ1) is 14.9. The summed E-state index contributed by atoms with van der Waals surface area (Å²) in [6.45, 7) is 0. The van der Waals surface area contributed by atoms with Crippen LogP contribution in [0, 0.1) is 0 Å². The Morgan fingerprint density at radius 3 is 2.35 bits per heavy atom. The fourth-order valence-electron chi connectivity index (χ4n) is 1.65. The van der Waals surface area contributed by atoms with E-state index in [9.17, 15) is 0 Å². The Balaban J connectivity index is 2.20. The first-order valence-electron chi connectivity index (χ1n) is 5.85. The van der Waals surface area contributed by atoms with E-state index in [0.717, 1.165) is 21.5 Å². The second-order valence-corrected chi connectivity index (χ2v) is 5.23. The number of ether oxygens (including phenoxy) is 2. The minimum Gasteiger partial charge on any atom is -0.496 e. The molecule has 0 aliphatic heterocycles. The van der Waals surface area contributed by atoms with Crippen molar-refractivity contribution in [3.63, 3.8) is 0 Å². The monoisotopic (exact) mass is 353 g/mol. The Hall–Kier alpha value is -1.52. The minimum absolute atomic E-state index is 0.540. The van der Waals surface area contributed by atoms with Gasteiger partial charge in [0.2, 0.25) is 0 Å². The lowest BCUT2D eigenvalue weighted by Crippen LogP contribution is -1.87. The summed E-state index contributed by atoms with van der Waals surface area (Å²) in [4.78, 5) is 4.38. The van der Waals surface area contributed by atoms with Crippen molar-refractivity contribution < 1.29 is 9.47 Å². The second-order valence-electron chi connectivity index (χ2n) is 3.97. The largest absolute Gasteiger partial charge is 0.496 e. The van der Waals surface area contributed by atoms with Crippen molar-refractivity contribution in [2.24, 2.45) is 4.99 Å². The molecule has 2 rings (SSSR count). The predicted molar refractivity (Wildman–Crippen MR) is 86.0 cm³/mol. The molecule has 3 nitrogen and oxygen atoms in total. The molecule has 0 amide bonds. The van der Waals surface area contributed by atoms with Crippen LogP contribution >= 0.6 is 27.5 Å². The molecular formula is C15H13BrClNO2. The highest BCUT2D eigenvalue weighted by Crippen LogP contribution is 2.29. The summed E-state index contributed by atoms with van der Waals surface area (Å²) in [7, 11) is 3.21. The van der Waals surface area contributed by atoms with Crippen molar-refractivity contribution in [1.82, 2.24) is 0 Å². The van der Waals surface area contributed by atoms with Gasteiger partial charge in [-0.25, -0.2) is 0 Å². The van der Waals surface area contributed by atoms with Gasteiger partial charge in [-0.3, -0.25) is 4.99 Å². The summed E-state index contributed by atoms with van der Waals surface area (Å²) in [6, 6.07) is 11.1. The van der Waals surface area contributed by atoms with Crippen LogP contribution in [0.5, 0.6) is 11.5 Å². The molecule has 0 saturated carbocycles. The van der Waals surface area contributed by atoms with E-state index < -0.39 is 0 Å². The van der Waals surface area contributed by atoms with Crippen molar-refractivity contribution in [3.8, 4) is 11.5 Å². The van der Waals surface area contributed by atoms with Gasteiger partial charge in [0.15, 0.2) is 0 Å². The summed E-state index contributed by atoms with van der Waals surface area (Å²) in [5.74, 6) is 1.42. The standard InChI is InChI=1S/C15H13BrClNO2/c1-19-14-5-3-10(7-12(14)16)9-18-11-4-6-15(20-2)13(17)8-11/h3-9H,1-2H3. The van der Waals surface area contributed by atoms with Gasteiger partial charge < -0.3 is 9.47 Å². The quantitative estimate of drug-likeness (QED) is 0.733. The lowest BCUT2D eigenvalue weighted by atomic mass is 10.2. The molecule has 0 unspecified atom stereocenters. The molecule has 0 aliphatic carbocycles. The van der Waals surface area contributed by atoms with E-state index in [1.165, 1.54) is 0 Å². The van der Waals surface area contributed by atoms with Gasteiger partial charge in [-0.15, -0.1) is 0 Å². The number of hydrogen-bond acceptors (Lipinski definition) is 3. The van der Waals surface area contributed by atoms with Crippen LogP contribution in [0.3, 0.4) is 0 Å². The van der Waals surface area contributed by atoms with Gasteiger partial charge in [-0.2, -0.15) is 0 Å². The van der Waals surface area contributed by atoms with Crippen molar-refractivity contribution in [2.75, 3.05) is 14.2 Å². The molecule has 0 bridgehead atoms. The summed E-state index contributed by atoms with van der Waals surface area (Å²) < 4.78 is 11.2. The molecule has 0 spiro atoms. The van der Waals surface area contributed by atoms with Crippen LogP contribution in [-0.4, -0.2) is 20.4 Å². The summed E-state index contributed by atoms with van der Waals surface area (Å²) >= 11 is 9.49. The lowest BCUT2D eigenvalue weighted by molar-refractivity contribution is 0.412. The van der Waals surface area contributed by atoms with Crippen LogP contribution in [0.15, 0.2) is 45.9 Å². The number of benzene rings is 2. The SMILES string of the molecule is COc1ccc(N=Cc2ccc(OC)c(Br)c2)cc1Cl. The van der Waals surface area contributed by atoms with Gasteiger partial charge >= 0.3 is 0 Å². The molecular weight excluding hydrogens is 342 g/mol. The third-order valence-corrected chi connectivity index (χ3v) is 3.59. The average Bonchev–Trinajstić information content (AvgIpc) is 2.45. The highest BCUT2D eigenvalue weighted by Gasteiger charge is 2.01. The van der Waals surface area contributed by atoms with Crippen LogP contribution in [-0.2, 0) is 0 Å². The molecule has 0 aliphatic rings. The molecule has 0 heterocycles. The Morgan fingerprint density at radius 2 is 1.75 bits per heavy atom. The zero-order valence-corrected chi connectivity index (χ0v) is 13.4. The van der Waals surface area contributed by atoms with E-state index in [0.29, 0.717) is 10.8 Å². The smallest absolute Gasteiger partial charge is 0.137 e. The highest BCUT2D eigenvalue weighted by molar-refractivity contribution is 9.10. The third kappa shape index (κ3) is 3.52. The molecule has 0 atom stereocenters. The molecule has 0 N–H and O–H groups in total. The number of hydrogen-bond donors (Lipinski definition) is 0. The zero-order valence-electron chi connectivity index (χ0n) is 11.1. The second kappa shape index (κ2) is 6.77. The Labute approximate surface area is 131 Å². The van der Waals surface area contributed by atoms with Gasteiger partial charge in [-0.05, 0) is 57.9 Å². The normalized spacial score (nSPS) is 10.8. The fourth-order valence-corrected chi connectivity index (χ4v) is 2.46. The predicted octanol–water partition coefficient (Wildman–Crippen LogP) is 4.87. The summed E-state index contributed by atoms with van der Waals surface area (Å²) in [6.07, 6.45) is 1.77. The molecule has 2 aromatic carbocycles. The van der Waals surface area contributed by atoms with Crippen molar-refractivity contribution in [1.29, 1.82) is 0 Å². The van der Waals surface area contributed by atoms with E-state index in [2.05, 4.69) is 20.9 Å². The number of nitrogens with zero attached hydrogens (tertiary/aromatic N) is 1. The van der Waals surface area contributed by atoms with Gasteiger partial charge in [0.25, 0.3) is 0 Å². The van der Waals surface area contributed by atoms with Crippen molar-refractivity contribution in [2.45, 2.75) is 0 Å². The average molecular weight is 355 g/mol. The molecule has 2 aromatic rings. The van der Waals surface area contributed by atoms with Gasteiger partial charge in [0, 0.05) is 6.21 Å². The van der Waals surface area contributed by atoms with E-state index in [4.69, 9.17) is 21.1 Å². The molecule has 104 valence electrons. The summed E-state index contributed by atoms with van der Waals surface area (Å²) in [5, 5.41) is 0.540. The number of methoxy groups -OCH3 is 2. The molecule has 0 radical (unpaired) electrons. The number of rotatable bonds is 4. The van der Waals surface area contributed by atoms with E-state index in [1.54, 1.807) is 32.6 Å². The maximum atomic E-state index is 6.05. The Kier molecular flexibility index (Phi) is 5.04. The van der Waals surface area contributed by atoms with E-state index >= 15 is 0 Å². The van der Waals surface area contributed by atoms with Crippen LogP contribution in [0.2, 0.25) is 5.02 Å².